The van der Waals surface area contributed by atoms with E-state index in [1.807, 2.05) is 24.8 Å². The number of para-hydroxylation sites is 2. The van der Waals surface area contributed by atoms with Crippen molar-refractivity contribution in [2.24, 2.45) is 0 Å². The van der Waals surface area contributed by atoms with Crippen molar-refractivity contribution in [3.05, 3.63) is 216 Å². The standard InChI is InChI=1S/C55H36N4OS/c1-54(2)40-15-6-5-14-38(40)39-22-21-35(31-44(39)54)59-46-18-8-10-20-49(46)61-53-47(59)24-23-43-52(53)60-48-19-9-7-16-41(48)55(43)42-17-11-27-57-50(42)51-45(55)30-34(32-58-51)37-13-4-3-12-36(37)33-25-28-56-29-26-33/h3-32H,1-2H3. The lowest BCUT2D eigenvalue weighted by atomic mass is 9.66. The van der Waals surface area contributed by atoms with E-state index in [0.717, 1.165) is 89.4 Å². The molecule has 0 radical (unpaired) electrons. The van der Waals surface area contributed by atoms with E-state index in [0.29, 0.717) is 0 Å². The molecule has 0 N–H and O–H groups in total. The highest BCUT2D eigenvalue weighted by molar-refractivity contribution is 7.99. The maximum absolute atomic E-state index is 7.24. The van der Waals surface area contributed by atoms with E-state index in [1.165, 1.54) is 27.1 Å². The molecule has 1 spiro atoms. The fraction of sp³-hybridized carbons (Fsp3) is 0.0727. The van der Waals surface area contributed by atoms with Gasteiger partial charge in [0.25, 0.3) is 0 Å². The van der Waals surface area contributed by atoms with Gasteiger partial charge in [0.05, 0.1) is 33.1 Å². The van der Waals surface area contributed by atoms with Crippen LogP contribution in [0.2, 0.25) is 0 Å². The summed E-state index contributed by atoms with van der Waals surface area (Å²) in [7, 11) is 0. The summed E-state index contributed by atoms with van der Waals surface area (Å²) in [6.07, 6.45) is 7.60. The van der Waals surface area contributed by atoms with E-state index in [9.17, 15) is 0 Å². The Morgan fingerprint density at radius 1 is 0.508 bits per heavy atom. The minimum Gasteiger partial charge on any atom is -0.455 e. The summed E-state index contributed by atoms with van der Waals surface area (Å²) in [4.78, 5) is 19.4. The van der Waals surface area contributed by atoms with E-state index in [1.54, 1.807) is 11.8 Å². The lowest BCUT2D eigenvalue weighted by Gasteiger charge is -2.42. The molecule has 9 aromatic rings. The van der Waals surface area contributed by atoms with Crippen molar-refractivity contribution in [2.45, 2.75) is 34.5 Å². The van der Waals surface area contributed by atoms with Gasteiger partial charge in [-0.2, -0.15) is 0 Å². The van der Waals surface area contributed by atoms with E-state index in [2.05, 4.69) is 181 Å². The zero-order chi connectivity index (χ0) is 40.5. The number of ether oxygens (including phenoxy) is 1. The molecule has 4 aliphatic rings. The number of hydrogen-bond donors (Lipinski definition) is 0. The molecule has 0 saturated heterocycles. The predicted octanol–water partition coefficient (Wildman–Crippen LogP) is 13.9. The van der Waals surface area contributed by atoms with Crippen molar-refractivity contribution < 1.29 is 4.74 Å². The van der Waals surface area contributed by atoms with Gasteiger partial charge in [-0.15, -0.1) is 0 Å². The van der Waals surface area contributed by atoms with Gasteiger partial charge in [-0.1, -0.05) is 123 Å². The van der Waals surface area contributed by atoms with E-state index < -0.39 is 5.41 Å². The smallest absolute Gasteiger partial charge is 0.148 e. The third kappa shape index (κ3) is 4.65. The van der Waals surface area contributed by atoms with Gasteiger partial charge < -0.3 is 9.64 Å². The molecule has 61 heavy (non-hydrogen) atoms. The van der Waals surface area contributed by atoms with Gasteiger partial charge >= 0.3 is 0 Å². The Bertz CT molecular complexity index is 3320. The summed E-state index contributed by atoms with van der Waals surface area (Å²) in [6, 6.07) is 57.1. The fourth-order valence-corrected chi connectivity index (χ4v) is 11.8. The van der Waals surface area contributed by atoms with Crippen LogP contribution in [-0.2, 0) is 10.8 Å². The van der Waals surface area contributed by atoms with Crippen molar-refractivity contribution in [3.8, 4) is 56.3 Å². The Morgan fingerprint density at radius 2 is 1.21 bits per heavy atom. The largest absolute Gasteiger partial charge is 0.455 e. The minimum atomic E-state index is -0.752. The maximum atomic E-state index is 7.24. The molecule has 6 heteroatoms. The molecule has 2 aliphatic carbocycles. The second-order valence-corrected chi connectivity index (χ2v) is 17.8. The second-order valence-electron chi connectivity index (χ2n) is 16.7. The molecule has 5 nitrogen and oxygen atoms in total. The van der Waals surface area contributed by atoms with E-state index in [-0.39, 0.29) is 5.41 Å². The van der Waals surface area contributed by atoms with Crippen molar-refractivity contribution in [1.82, 2.24) is 15.0 Å². The average molecular weight is 801 g/mol. The zero-order valence-electron chi connectivity index (χ0n) is 33.4. The van der Waals surface area contributed by atoms with Gasteiger partial charge in [0, 0.05) is 63.0 Å². The molecule has 6 aromatic carbocycles. The topological polar surface area (TPSA) is 51.1 Å². The highest BCUT2D eigenvalue weighted by atomic mass is 32.2. The number of fused-ring (bicyclic) bond motifs is 15. The van der Waals surface area contributed by atoms with E-state index >= 15 is 0 Å². The highest BCUT2D eigenvalue weighted by Crippen LogP contribution is 2.66. The van der Waals surface area contributed by atoms with Gasteiger partial charge in [-0.25, -0.2) is 0 Å². The lowest BCUT2D eigenvalue weighted by Crippen LogP contribution is -2.33. The first-order valence-corrected chi connectivity index (χ1v) is 21.6. The van der Waals surface area contributed by atoms with Crippen LogP contribution in [0.5, 0.6) is 11.5 Å². The van der Waals surface area contributed by atoms with Crippen molar-refractivity contribution in [3.63, 3.8) is 0 Å². The monoisotopic (exact) mass is 800 g/mol. The molecule has 0 fully saturated rings. The Kier molecular flexibility index (Phi) is 7.15. The molecular formula is C55H36N4OS. The Labute approximate surface area is 358 Å². The number of benzene rings is 6. The summed E-state index contributed by atoms with van der Waals surface area (Å²) in [5, 5.41) is 0. The van der Waals surface area contributed by atoms with Crippen LogP contribution < -0.4 is 9.64 Å². The maximum Gasteiger partial charge on any atom is 0.148 e. The summed E-state index contributed by atoms with van der Waals surface area (Å²) in [5.74, 6) is 1.69. The quantitative estimate of drug-likeness (QED) is 0.177. The van der Waals surface area contributed by atoms with Crippen LogP contribution in [0.4, 0.5) is 17.1 Å². The fourth-order valence-electron chi connectivity index (χ4n) is 10.6. The molecule has 288 valence electrons. The highest BCUT2D eigenvalue weighted by Gasteiger charge is 2.53. The number of hydrogen-bond acceptors (Lipinski definition) is 6. The van der Waals surface area contributed by atoms with Crippen molar-refractivity contribution in [2.75, 3.05) is 4.90 Å². The van der Waals surface area contributed by atoms with Crippen LogP contribution in [0.15, 0.2) is 192 Å². The molecule has 0 bridgehead atoms. The Balaban J connectivity index is 1.06. The second kappa shape index (κ2) is 12.6. The number of pyridine rings is 3. The van der Waals surface area contributed by atoms with Crippen LogP contribution >= 0.6 is 11.8 Å². The summed E-state index contributed by atoms with van der Waals surface area (Å²) < 4.78 is 7.24. The van der Waals surface area contributed by atoms with Crippen LogP contribution in [0.25, 0.3) is 44.8 Å². The first-order valence-electron chi connectivity index (χ1n) is 20.7. The normalized spacial score (nSPS) is 16.6. The Morgan fingerprint density at radius 3 is 2.08 bits per heavy atom. The number of aromatic nitrogens is 3. The number of rotatable bonds is 3. The molecule has 1 unspecified atom stereocenters. The molecule has 2 aliphatic heterocycles. The predicted molar refractivity (Wildman–Crippen MR) is 244 cm³/mol. The van der Waals surface area contributed by atoms with Gasteiger partial charge in [0.1, 0.15) is 11.5 Å². The molecular weight excluding hydrogens is 765 g/mol. The van der Waals surface area contributed by atoms with Crippen LogP contribution in [0.3, 0.4) is 0 Å². The summed E-state index contributed by atoms with van der Waals surface area (Å²) in [5.41, 5.74) is 18.4. The van der Waals surface area contributed by atoms with Crippen molar-refractivity contribution >= 4 is 28.8 Å². The molecule has 5 heterocycles. The third-order valence-electron chi connectivity index (χ3n) is 13.3. The van der Waals surface area contributed by atoms with Crippen LogP contribution in [0.1, 0.15) is 47.2 Å². The average Bonchev–Trinajstić information content (AvgIpc) is 3.73. The third-order valence-corrected chi connectivity index (χ3v) is 14.5. The SMILES string of the molecule is CC1(C)c2ccccc2-c2ccc(N3c4ccccc4Sc4c3ccc3c4Oc4ccccc4C34c3cccnc3-c3ncc(-c5ccccc5-c5ccncc5)cc34)cc21. The molecule has 0 saturated carbocycles. The first kappa shape index (κ1) is 34.6. The van der Waals surface area contributed by atoms with Gasteiger partial charge in [-0.05, 0) is 105 Å². The zero-order valence-corrected chi connectivity index (χ0v) is 34.2. The van der Waals surface area contributed by atoms with Crippen LogP contribution in [-0.4, -0.2) is 15.0 Å². The molecule has 0 amide bonds. The van der Waals surface area contributed by atoms with Gasteiger partial charge in [0.15, 0.2) is 0 Å². The number of nitrogens with zero attached hydrogens (tertiary/aromatic N) is 4. The van der Waals surface area contributed by atoms with Gasteiger partial charge in [0.2, 0.25) is 0 Å². The summed E-state index contributed by atoms with van der Waals surface area (Å²) >= 11 is 1.79. The van der Waals surface area contributed by atoms with Crippen molar-refractivity contribution in [1.29, 1.82) is 0 Å². The summed E-state index contributed by atoms with van der Waals surface area (Å²) in [6.45, 7) is 4.70. The number of anilines is 3. The minimum absolute atomic E-state index is 0.132. The van der Waals surface area contributed by atoms with Gasteiger partial charge in [-0.3, -0.25) is 15.0 Å². The molecule has 1 atom stereocenters. The Hall–Kier alpha value is -7.28. The lowest BCUT2D eigenvalue weighted by molar-refractivity contribution is 0.426. The van der Waals surface area contributed by atoms with Crippen LogP contribution in [0, 0.1) is 0 Å². The van der Waals surface area contributed by atoms with E-state index in [4.69, 9.17) is 14.7 Å². The molecule has 3 aromatic heterocycles. The first-order chi connectivity index (χ1) is 30.0. The molecule has 13 rings (SSSR count).